The SMILES string of the molecule is CC[C@H](CO)N[C@H](C)c1ccc(Br)cc1. The summed E-state index contributed by atoms with van der Waals surface area (Å²) in [4.78, 5) is 0. The zero-order valence-electron chi connectivity index (χ0n) is 9.20. The highest BCUT2D eigenvalue weighted by Gasteiger charge is 2.10. The quantitative estimate of drug-likeness (QED) is 0.863. The van der Waals surface area contributed by atoms with Crippen molar-refractivity contribution in [1.29, 1.82) is 0 Å². The maximum atomic E-state index is 9.10. The van der Waals surface area contributed by atoms with Crippen LogP contribution in [0.3, 0.4) is 0 Å². The molecule has 0 aliphatic rings. The smallest absolute Gasteiger partial charge is 0.0584 e. The van der Waals surface area contributed by atoms with Gasteiger partial charge in [0.1, 0.15) is 0 Å². The van der Waals surface area contributed by atoms with Crippen LogP contribution in [0.2, 0.25) is 0 Å². The van der Waals surface area contributed by atoms with Crippen molar-refractivity contribution in [3.05, 3.63) is 34.3 Å². The Bertz CT molecular complexity index is 282. The Morgan fingerprint density at radius 2 is 1.93 bits per heavy atom. The summed E-state index contributed by atoms with van der Waals surface area (Å²) in [5, 5.41) is 12.5. The molecule has 15 heavy (non-hydrogen) atoms. The molecule has 3 heteroatoms. The van der Waals surface area contributed by atoms with Crippen molar-refractivity contribution in [3.8, 4) is 0 Å². The van der Waals surface area contributed by atoms with E-state index in [1.807, 2.05) is 12.1 Å². The molecule has 0 aromatic heterocycles. The maximum absolute atomic E-state index is 9.10. The van der Waals surface area contributed by atoms with E-state index < -0.39 is 0 Å². The van der Waals surface area contributed by atoms with Gasteiger partial charge in [-0.2, -0.15) is 0 Å². The molecule has 84 valence electrons. The van der Waals surface area contributed by atoms with Gasteiger partial charge in [-0.25, -0.2) is 0 Å². The lowest BCUT2D eigenvalue weighted by Gasteiger charge is -2.20. The van der Waals surface area contributed by atoms with E-state index in [2.05, 4.69) is 47.2 Å². The van der Waals surface area contributed by atoms with E-state index in [-0.39, 0.29) is 18.7 Å². The molecule has 2 atom stereocenters. The van der Waals surface area contributed by atoms with Gasteiger partial charge >= 0.3 is 0 Å². The standard InChI is InChI=1S/C12H18BrNO/c1-3-12(8-15)14-9(2)10-4-6-11(13)7-5-10/h4-7,9,12,14-15H,3,8H2,1-2H3/t9-,12-/m1/s1. The molecule has 1 aromatic rings. The molecule has 0 radical (unpaired) electrons. The normalized spacial score (nSPS) is 14.9. The van der Waals surface area contributed by atoms with Crippen molar-refractivity contribution in [2.45, 2.75) is 32.4 Å². The number of aliphatic hydroxyl groups excluding tert-OH is 1. The molecule has 0 spiro atoms. The molecular formula is C12H18BrNO. The minimum atomic E-state index is 0.184. The number of aliphatic hydroxyl groups is 1. The average molecular weight is 272 g/mol. The number of halogens is 1. The van der Waals surface area contributed by atoms with Gasteiger partial charge in [0.2, 0.25) is 0 Å². The lowest BCUT2D eigenvalue weighted by Crippen LogP contribution is -2.33. The fraction of sp³-hybridized carbons (Fsp3) is 0.500. The molecule has 2 N–H and O–H groups in total. The second-order valence-electron chi connectivity index (χ2n) is 3.73. The van der Waals surface area contributed by atoms with Gasteiger partial charge in [-0.15, -0.1) is 0 Å². The van der Waals surface area contributed by atoms with Crippen molar-refractivity contribution in [2.75, 3.05) is 6.61 Å². The lowest BCUT2D eigenvalue weighted by atomic mass is 10.1. The fourth-order valence-corrected chi connectivity index (χ4v) is 1.77. The summed E-state index contributed by atoms with van der Waals surface area (Å²) in [6.07, 6.45) is 0.942. The maximum Gasteiger partial charge on any atom is 0.0584 e. The van der Waals surface area contributed by atoms with Crippen molar-refractivity contribution >= 4 is 15.9 Å². The van der Waals surface area contributed by atoms with Crippen LogP contribution in [-0.2, 0) is 0 Å². The molecule has 0 amide bonds. The molecule has 0 aliphatic carbocycles. The number of hydrogen-bond acceptors (Lipinski definition) is 2. The van der Waals surface area contributed by atoms with E-state index in [0.717, 1.165) is 10.9 Å². The topological polar surface area (TPSA) is 32.3 Å². The Morgan fingerprint density at radius 1 is 1.33 bits per heavy atom. The summed E-state index contributed by atoms with van der Waals surface area (Å²) < 4.78 is 1.09. The summed E-state index contributed by atoms with van der Waals surface area (Å²) in [6, 6.07) is 8.71. The summed E-state index contributed by atoms with van der Waals surface area (Å²) in [5.41, 5.74) is 1.24. The van der Waals surface area contributed by atoms with E-state index >= 15 is 0 Å². The summed E-state index contributed by atoms with van der Waals surface area (Å²) in [6.45, 7) is 4.38. The molecule has 0 aliphatic heterocycles. The highest BCUT2D eigenvalue weighted by atomic mass is 79.9. The van der Waals surface area contributed by atoms with Crippen LogP contribution in [0.15, 0.2) is 28.7 Å². The predicted octanol–water partition coefficient (Wildman–Crippen LogP) is 2.87. The Labute approximate surface area is 99.8 Å². The second-order valence-corrected chi connectivity index (χ2v) is 4.64. The molecule has 0 bridgehead atoms. The number of nitrogens with one attached hydrogen (secondary N) is 1. The first kappa shape index (κ1) is 12.7. The molecule has 0 fully saturated rings. The van der Waals surface area contributed by atoms with E-state index in [1.54, 1.807) is 0 Å². The Hall–Kier alpha value is -0.380. The third-order valence-corrected chi connectivity index (χ3v) is 3.10. The third kappa shape index (κ3) is 3.93. The fourth-order valence-electron chi connectivity index (χ4n) is 1.50. The van der Waals surface area contributed by atoms with Crippen LogP contribution < -0.4 is 5.32 Å². The molecule has 0 saturated heterocycles. The van der Waals surface area contributed by atoms with Crippen LogP contribution in [0.5, 0.6) is 0 Å². The van der Waals surface area contributed by atoms with Crippen molar-refractivity contribution < 1.29 is 5.11 Å². The van der Waals surface area contributed by atoms with Gasteiger partial charge < -0.3 is 10.4 Å². The van der Waals surface area contributed by atoms with Crippen LogP contribution in [0, 0.1) is 0 Å². The van der Waals surface area contributed by atoms with Crippen LogP contribution in [0.25, 0.3) is 0 Å². The predicted molar refractivity (Wildman–Crippen MR) is 66.9 cm³/mol. The minimum Gasteiger partial charge on any atom is -0.395 e. The minimum absolute atomic E-state index is 0.184. The average Bonchev–Trinajstić information content (AvgIpc) is 2.26. The first-order valence-corrected chi connectivity index (χ1v) is 6.09. The summed E-state index contributed by atoms with van der Waals surface area (Å²) >= 11 is 3.41. The Kier molecular flexibility index (Phi) is 5.29. The van der Waals surface area contributed by atoms with Crippen LogP contribution in [-0.4, -0.2) is 17.8 Å². The highest BCUT2D eigenvalue weighted by Crippen LogP contribution is 2.17. The number of rotatable bonds is 5. The van der Waals surface area contributed by atoms with Gasteiger partial charge in [-0.3, -0.25) is 0 Å². The second kappa shape index (κ2) is 6.26. The third-order valence-electron chi connectivity index (χ3n) is 2.57. The van der Waals surface area contributed by atoms with E-state index in [4.69, 9.17) is 5.11 Å². The molecule has 0 unspecified atom stereocenters. The zero-order valence-corrected chi connectivity index (χ0v) is 10.8. The number of benzene rings is 1. The zero-order chi connectivity index (χ0) is 11.3. The lowest BCUT2D eigenvalue weighted by molar-refractivity contribution is 0.230. The molecule has 0 heterocycles. The van der Waals surface area contributed by atoms with Gasteiger partial charge in [0.25, 0.3) is 0 Å². The van der Waals surface area contributed by atoms with Gasteiger partial charge in [-0.1, -0.05) is 35.0 Å². The van der Waals surface area contributed by atoms with E-state index in [1.165, 1.54) is 5.56 Å². The van der Waals surface area contributed by atoms with Gasteiger partial charge in [0, 0.05) is 16.6 Å². The van der Waals surface area contributed by atoms with Crippen molar-refractivity contribution in [1.82, 2.24) is 5.32 Å². The number of hydrogen-bond donors (Lipinski definition) is 2. The van der Waals surface area contributed by atoms with Crippen molar-refractivity contribution in [2.24, 2.45) is 0 Å². The van der Waals surface area contributed by atoms with Crippen LogP contribution in [0.1, 0.15) is 31.9 Å². The van der Waals surface area contributed by atoms with E-state index in [9.17, 15) is 0 Å². The van der Waals surface area contributed by atoms with Gasteiger partial charge in [0.15, 0.2) is 0 Å². The molecule has 1 rings (SSSR count). The summed E-state index contributed by atoms with van der Waals surface area (Å²) in [5.74, 6) is 0. The van der Waals surface area contributed by atoms with Gasteiger partial charge in [-0.05, 0) is 31.0 Å². The van der Waals surface area contributed by atoms with Crippen LogP contribution in [0.4, 0.5) is 0 Å². The van der Waals surface area contributed by atoms with Gasteiger partial charge in [0.05, 0.1) is 6.61 Å². The Balaban J connectivity index is 2.60. The van der Waals surface area contributed by atoms with E-state index in [0.29, 0.717) is 0 Å². The molecule has 2 nitrogen and oxygen atoms in total. The molecule has 1 aromatic carbocycles. The molecular weight excluding hydrogens is 254 g/mol. The Morgan fingerprint density at radius 3 is 2.40 bits per heavy atom. The van der Waals surface area contributed by atoms with Crippen LogP contribution >= 0.6 is 15.9 Å². The largest absolute Gasteiger partial charge is 0.395 e. The summed E-state index contributed by atoms with van der Waals surface area (Å²) in [7, 11) is 0. The molecule has 0 saturated carbocycles. The highest BCUT2D eigenvalue weighted by molar-refractivity contribution is 9.10. The first-order chi connectivity index (χ1) is 7.17. The monoisotopic (exact) mass is 271 g/mol. The first-order valence-electron chi connectivity index (χ1n) is 5.29. The van der Waals surface area contributed by atoms with Crippen molar-refractivity contribution in [3.63, 3.8) is 0 Å².